The number of aromatic hydroxyl groups is 1. The van der Waals surface area contributed by atoms with Crippen molar-refractivity contribution in [2.24, 2.45) is 0 Å². The minimum Gasteiger partial charge on any atom is -0.508 e. The van der Waals surface area contributed by atoms with Crippen LogP contribution in [0, 0.1) is 0 Å². The summed E-state index contributed by atoms with van der Waals surface area (Å²) >= 11 is 4.64. The number of hydrogen-bond acceptors (Lipinski definition) is 6. The average Bonchev–Trinajstić information content (AvgIpc) is 3.09. The lowest BCUT2D eigenvalue weighted by Gasteiger charge is -2.14. The smallest absolute Gasteiger partial charge is 0.230 e. The summed E-state index contributed by atoms with van der Waals surface area (Å²) in [7, 11) is 0. The minimum absolute atomic E-state index is 0.0932. The predicted molar refractivity (Wildman–Crippen MR) is 102 cm³/mol. The number of benzene rings is 2. The third-order valence-electron chi connectivity index (χ3n) is 3.62. The van der Waals surface area contributed by atoms with Crippen LogP contribution in [0.25, 0.3) is 5.69 Å². The summed E-state index contributed by atoms with van der Waals surface area (Å²) in [6.45, 7) is 1.94. The molecule has 0 saturated carbocycles. The van der Waals surface area contributed by atoms with Crippen molar-refractivity contribution in [1.29, 1.82) is 0 Å². The number of rotatable bonds is 6. The van der Waals surface area contributed by atoms with Gasteiger partial charge in [-0.3, -0.25) is 4.79 Å². The first-order valence-corrected chi connectivity index (χ1v) is 9.56. The summed E-state index contributed by atoms with van der Waals surface area (Å²) < 4.78 is 2.52. The molecule has 1 atom stereocenters. The summed E-state index contributed by atoms with van der Waals surface area (Å²) in [6, 6.07) is 14.2. The van der Waals surface area contributed by atoms with Crippen LogP contribution >= 0.6 is 27.7 Å². The van der Waals surface area contributed by atoms with Crippen LogP contribution in [-0.2, 0) is 4.79 Å². The highest BCUT2D eigenvalue weighted by molar-refractivity contribution is 9.10. The van der Waals surface area contributed by atoms with Crippen molar-refractivity contribution in [2.45, 2.75) is 18.1 Å². The molecule has 0 fully saturated rings. The molecule has 1 amide bonds. The predicted octanol–water partition coefficient (Wildman–Crippen LogP) is 3.10. The Morgan fingerprint density at radius 3 is 2.62 bits per heavy atom. The first-order chi connectivity index (χ1) is 12.5. The number of hydrogen-bond donors (Lipinski definition) is 2. The maximum Gasteiger partial charge on any atom is 0.230 e. The van der Waals surface area contributed by atoms with Gasteiger partial charge in [0.05, 0.1) is 17.5 Å². The standard InChI is InChI=1S/C17H16BrN5O2S/c1-11(12-2-4-13(18)5-3-12)19-16(25)10-26-17-20-21-22-23(17)14-6-8-15(24)9-7-14/h2-9,11,24H,10H2,1H3,(H,19,25). The molecule has 0 bridgehead atoms. The van der Waals surface area contributed by atoms with Gasteiger partial charge in [0.25, 0.3) is 0 Å². The van der Waals surface area contributed by atoms with E-state index in [1.807, 2.05) is 31.2 Å². The molecule has 9 heteroatoms. The average molecular weight is 434 g/mol. The molecule has 26 heavy (non-hydrogen) atoms. The lowest BCUT2D eigenvalue weighted by Crippen LogP contribution is -2.28. The number of phenols is 1. The van der Waals surface area contributed by atoms with Crippen LogP contribution in [0.4, 0.5) is 0 Å². The van der Waals surface area contributed by atoms with E-state index in [0.29, 0.717) is 10.8 Å². The number of nitrogens with zero attached hydrogens (tertiary/aromatic N) is 4. The molecule has 0 aliphatic carbocycles. The third kappa shape index (κ3) is 4.61. The summed E-state index contributed by atoms with van der Waals surface area (Å²) in [6.07, 6.45) is 0. The highest BCUT2D eigenvalue weighted by Crippen LogP contribution is 2.21. The topological polar surface area (TPSA) is 92.9 Å². The van der Waals surface area contributed by atoms with E-state index >= 15 is 0 Å². The van der Waals surface area contributed by atoms with E-state index in [1.54, 1.807) is 24.3 Å². The van der Waals surface area contributed by atoms with E-state index < -0.39 is 0 Å². The van der Waals surface area contributed by atoms with Crippen molar-refractivity contribution in [2.75, 3.05) is 5.75 Å². The first-order valence-electron chi connectivity index (χ1n) is 7.78. The number of carbonyl (C=O) groups excluding carboxylic acids is 1. The Morgan fingerprint density at radius 1 is 1.23 bits per heavy atom. The van der Waals surface area contributed by atoms with Crippen LogP contribution in [0.3, 0.4) is 0 Å². The molecule has 1 heterocycles. The number of thioether (sulfide) groups is 1. The molecule has 0 saturated heterocycles. The van der Waals surface area contributed by atoms with Crippen LogP contribution in [0.2, 0.25) is 0 Å². The quantitative estimate of drug-likeness (QED) is 0.580. The fourth-order valence-corrected chi connectivity index (χ4v) is 3.24. The lowest BCUT2D eigenvalue weighted by atomic mass is 10.1. The molecule has 0 radical (unpaired) electrons. The summed E-state index contributed by atoms with van der Waals surface area (Å²) in [5.74, 6) is 0.252. The van der Waals surface area contributed by atoms with Gasteiger partial charge in [-0.2, -0.15) is 4.68 Å². The van der Waals surface area contributed by atoms with Crippen molar-refractivity contribution >= 4 is 33.6 Å². The van der Waals surface area contributed by atoms with Crippen molar-refractivity contribution < 1.29 is 9.90 Å². The molecule has 2 aromatic carbocycles. The molecule has 1 unspecified atom stereocenters. The van der Waals surface area contributed by atoms with E-state index in [-0.39, 0.29) is 23.5 Å². The maximum atomic E-state index is 12.2. The Morgan fingerprint density at radius 2 is 1.92 bits per heavy atom. The molecule has 1 aromatic heterocycles. The molecule has 134 valence electrons. The van der Waals surface area contributed by atoms with E-state index in [9.17, 15) is 9.90 Å². The fourth-order valence-electron chi connectivity index (χ4n) is 2.27. The van der Waals surface area contributed by atoms with E-state index in [0.717, 1.165) is 10.0 Å². The van der Waals surface area contributed by atoms with Gasteiger partial charge in [0.2, 0.25) is 11.1 Å². The second-order valence-electron chi connectivity index (χ2n) is 5.52. The Kier molecular flexibility index (Phi) is 5.89. The Hall–Kier alpha value is -2.39. The van der Waals surface area contributed by atoms with Gasteiger partial charge in [0.15, 0.2) is 0 Å². The highest BCUT2D eigenvalue weighted by Gasteiger charge is 2.14. The van der Waals surface area contributed by atoms with E-state index in [1.165, 1.54) is 16.4 Å². The normalized spacial score (nSPS) is 11.9. The van der Waals surface area contributed by atoms with Gasteiger partial charge in [-0.05, 0) is 59.3 Å². The van der Waals surface area contributed by atoms with Crippen LogP contribution < -0.4 is 5.32 Å². The molecule has 0 aliphatic rings. The molecule has 0 spiro atoms. The third-order valence-corrected chi connectivity index (χ3v) is 5.06. The maximum absolute atomic E-state index is 12.2. The number of phenolic OH excluding ortho intramolecular Hbond substituents is 1. The Labute approximate surface area is 162 Å². The molecule has 7 nitrogen and oxygen atoms in total. The van der Waals surface area contributed by atoms with Crippen molar-refractivity contribution in [3.63, 3.8) is 0 Å². The number of amides is 1. The first kappa shape index (κ1) is 18.4. The number of halogens is 1. The lowest BCUT2D eigenvalue weighted by molar-refractivity contribution is -0.119. The zero-order valence-electron chi connectivity index (χ0n) is 13.8. The molecule has 0 aliphatic heterocycles. The molecule has 3 aromatic rings. The van der Waals surface area contributed by atoms with Crippen molar-refractivity contribution in [3.05, 3.63) is 58.6 Å². The van der Waals surface area contributed by atoms with Gasteiger partial charge in [0, 0.05) is 4.47 Å². The summed E-state index contributed by atoms with van der Waals surface area (Å²) in [5.41, 5.74) is 1.74. The van der Waals surface area contributed by atoms with Crippen LogP contribution in [0.15, 0.2) is 58.2 Å². The van der Waals surface area contributed by atoms with Crippen LogP contribution in [0.5, 0.6) is 5.75 Å². The number of carbonyl (C=O) groups is 1. The SMILES string of the molecule is CC(NC(=O)CSc1nnnn1-c1ccc(O)cc1)c1ccc(Br)cc1. The largest absolute Gasteiger partial charge is 0.508 e. The van der Waals surface area contributed by atoms with Gasteiger partial charge in [0.1, 0.15) is 5.75 Å². The number of aromatic nitrogens is 4. The van der Waals surface area contributed by atoms with E-state index in [2.05, 4.69) is 36.8 Å². The van der Waals surface area contributed by atoms with Crippen molar-refractivity contribution in [1.82, 2.24) is 25.5 Å². The van der Waals surface area contributed by atoms with Crippen LogP contribution in [0.1, 0.15) is 18.5 Å². The van der Waals surface area contributed by atoms with Gasteiger partial charge in [-0.15, -0.1) is 5.10 Å². The fraction of sp³-hybridized carbons (Fsp3) is 0.176. The number of nitrogens with one attached hydrogen (secondary N) is 1. The molecular weight excluding hydrogens is 418 g/mol. The van der Waals surface area contributed by atoms with Crippen molar-refractivity contribution in [3.8, 4) is 11.4 Å². The monoisotopic (exact) mass is 433 g/mol. The zero-order valence-corrected chi connectivity index (χ0v) is 16.2. The Balaban J connectivity index is 1.59. The minimum atomic E-state index is -0.106. The number of tetrazole rings is 1. The van der Waals surface area contributed by atoms with Gasteiger partial charge >= 0.3 is 0 Å². The second-order valence-corrected chi connectivity index (χ2v) is 7.38. The van der Waals surface area contributed by atoms with Gasteiger partial charge < -0.3 is 10.4 Å². The van der Waals surface area contributed by atoms with E-state index in [4.69, 9.17) is 0 Å². The Bertz CT molecular complexity index is 883. The van der Waals surface area contributed by atoms with Gasteiger partial charge in [-0.1, -0.05) is 39.8 Å². The zero-order chi connectivity index (χ0) is 18.5. The summed E-state index contributed by atoms with van der Waals surface area (Å²) in [4.78, 5) is 12.2. The molecule has 2 N–H and O–H groups in total. The highest BCUT2D eigenvalue weighted by atomic mass is 79.9. The molecule has 3 rings (SSSR count). The molecular formula is C17H16BrN5O2S. The van der Waals surface area contributed by atoms with Gasteiger partial charge in [-0.25, -0.2) is 0 Å². The second kappa shape index (κ2) is 8.33. The van der Waals surface area contributed by atoms with Crippen LogP contribution in [-0.4, -0.2) is 37.0 Å². The summed E-state index contributed by atoms with van der Waals surface area (Å²) in [5, 5.41) is 24.4.